The molecule has 4 heteroatoms. The monoisotopic (exact) mass is 349 g/mol. The van der Waals surface area contributed by atoms with Gasteiger partial charge >= 0.3 is 6.09 Å². The maximum atomic E-state index is 12.1. The van der Waals surface area contributed by atoms with E-state index in [1.165, 1.54) is 5.57 Å². The van der Waals surface area contributed by atoms with E-state index in [4.69, 9.17) is 9.47 Å². The zero-order chi connectivity index (χ0) is 18.4. The third-order valence-corrected chi connectivity index (χ3v) is 6.19. The summed E-state index contributed by atoms with van der Waals surface area (Å²) in [6, 6.07) is 0. The summed E-state index contributed by atoms with van der Waals surface area (Å²) in [5.74, 6) is 1.10. The van der Waals surface area contributed by atoms with E-state index in [1.807, 2.05) is 6.92 Å². The topological polar surface area (TPSA) is 47.6 Å². The number of rotatable bonds is 7. The van der Waals surface area contributed by atoms with Gasteiger partial charge in [-0.25, -0.2) is 4.79 Å². The standard InChI is InChI=1S/C21H35NO3/c1-6-8-9-11-22-20(23)25-14-21-13-24-18(10-7-2)19(17(21)5)15(3)12-16(21)4/h7,10,12,16-19H,6,8-9,11,13-14H2,1-5H3,(H,22,23)/b10-7+/t16-,17+,18+,19+,21-/m0/s1. The van der Waals surface area contributed by atoms with Gasteiger partial charge in [0, 0.05) is 17.9 Å². The normalized spacial score (nSPS) is 34.7. The Balaban J connectivity index is 2.02. The van der Waals surface area contributed by atoms with E-state index < -0.39 is 0 Å². The number of allylic oxidation sites excluding steroid dienone is 2. The van der Waals surface area contributed by atoms with Gasteiger partial charge in [0.15, 0.2) is 0 Å². The third kappa shape index (κ3) is 4.28. The predicted molar refractivity (Wildman–Crippen MR) is 101 cm³/mol. The van der Waals surface area contributed by atoms with Crippen molar-refractivity contribution in [3.63, 3.8) is 0 Å². The lowest BCUT2D eigenvalue weighted by atomic mass is 9.56. The molecule has 0 aromatic rings. The average molecular weight is 350 g/mol. The maximum Gasteiger partial charge on any atom is 0.407 e. The molecule has 0 aromatic heterocycles. The fourth-order valence-electron chi connectivity index (χ4n) is 4.49. The van der Waals surface area contributed by atoms with Crippen LogP contribution in [0.4, 0.5) is 4.79 Å². The molecule has 0 unspecified atom stereocenters. The van der Waals surface area contributed by atoms with E-state index in [0.717, 1.165) is 19.3 Å². The molecule has 0 spiro atoms. The number of nitrogens with one attached hydrogen (secondary N) is 1. The largest absolute Gasteiger partial charge is 0.449 e. The Morgan fingerprint density at radius 1 is 1.44 bits per heavy atom. The first-order valence-corrected chi connectivity index (χ1v) is 9.79. The molecular weight excluding hydrogens is 314 g/mol. The number of amides is 1. The third-order valence-electron chi connectivity index (χ3n) is 6.19. The second-order valence-electron chi connectivity index (χ2n) is 7.76. The van der Waals surface area contributed by atoms with Crippen LogP contribution in [0.3, 0.4) is 0 Å². The van der Waals surface area contributed by atoms with Crippen molar-refractivity contribution in [2.45, 2.75) is 60.0 Å². The second-order valence-corrected chi connectivity index (χ2v) is 7.76. The number of carbonyl (C=O) groups excluding carboxylic acids is 1. The molecule has 1 N–H and O–H groups in total. The number of hydrogen-bond donors (Lipinski definition) is 1. The molecule has 25 heavy (non-hydrogen) atoms. The summed E-state index contributed by atoms with van der Waals surface area (Å²) in [5.41, 5.74) is 1.26. The van der Waals surface area contributed by atoms with E-state index in [0.29, 0.717) is 37.5 Å². The molecule has 0 radical (unpaired) electrons. The molecule has 5 atom stereocenters. The molecule has 0 saturated carbocycles. The predicted octanol–water partition coefficient (Wildman–Crippen LogP) is 4.71. The van der Waals surface area contributed by atoms with Gasteiger partial charge in [-0.2, -0.15) is 0 Å². The minimum atomic E-state index is -0.303. The van der Waals surface area contributed by atoms with E-state index in [9.17, 15) is 4.79 Å². The molecule has 2 bridgehead atoms. The lowest BCUT2D eigenvalue weighted by Gasteiger charge is -2.54. The Bertz CT molecular complexity index is 513. The Hall–Kier alpha value is -1.29. The van der Waals surface area contributed by atoms with Crippen LogP contribution in [0.2, 0.25) is 0 Å². The summed E-state index contributed by atoms with van der Waals surface area (Å²) in [6.07, 6.45) is 9.67. The van der Waals surface area contributed by atoms with Gasteiger partial charge in [0.25, 0.3) is 0 Å². The molecule has 2 aliphatic rings. The van der Waals surface area contributed by atoms with Crippen LogP contribution in [0.1, 0.15) is 53.9 Å². The van der Waals surface area contributed by atoms with Crippen molar-refractivity contribution in [2.24, 2.45) is 23.2 Å². The number of ether oxygens (including phenoxy) is 2. The lowest BCUT2D eigenvalue weighted by molar-refractivity contribution is -0.149. The van der Waals surface area contributed by atoms with Gasteiger partial charge in [0.2, 0.25) is 0 Å². The fraction of sp³-hybridized carbons (Fsp3) is 0.762. The Morgan fingerprint density at radius 3 is 2.88 bits per heavy atom. The molecular formula is C21H35NO3. The maximum absolute atomic E-state index is 12.1. The van der Waals surface area contributed by atoms with Crippen molar-refractivity contribution in [1.29, 1.82) is 0 Å². The van der Waals surface area contributed by atoms with Crippen molar-refractivity contribution >= 4 is 6.09 Å². The van der Waals surface area contributed by atoms with Crippen molar-refractivity contribution in [1.82, 2.24) is 5.32 Å². The molecule has 142 valence electrons. The lowest BCUT2D eigenvalue weighted by Crippen LogP contribution is -2.56. The van der Waals surface area contributed by atoms with Crippen LogP contribution >= 0.6 is 0 Å². The summed E-state index contributed by atoms with van der Waals surface area (Å²) < 4.78 is 11.8. The van der Waals surface area contributed by atoms with Crippen molar-refractivity contribution in [2.75, 3.05) is 19.8 Å². The van der Waals surface area contributed by atoms with Gasteiger partial charge in [0.1, 0.15) is 6.61 Å². The summed E-state index contributed by atoms with van der Waals surface area (Å²) in [6.45, 7) is 12.6. The first kappa shape index (κ1) is 20.0. The van der Waals surface area contributed by atoms with Crippen LogP contribution in [-0.2, 0) is 9.47 Å². The molecule has 1 heterocycles. The number of carbonyl (C=O) groups is 1. The van der Waals surface area contributed by atoms with E-state index in [1.54, 1.807) is 0 Å². The molecule has 1 saturated heterocycles. The van der Waals surface area contributed by atoms with Gasteiger partial charge in [-0.05, 0) is 32.1 Å². The first-order chi connectivity index (χ1) is 12.0. The zero-order valence-corrected chi connectivity index (χ0v) is 16.5. The minimum absolute atomic E-state index is 0.125. The highest BCUT2D eigenvalue weighted by Gasteiger charge is 2.53. The fourth-order valence-corrected chi connectivity index (χ4v) is 4.49. The molecule has 4 nitrogen and oxygen atoms in total. The number of alkyl carbamates (subject to hydrolysis) is 1. The Kier molecular flexibility index (Phi) is 7.12. The van der Waals surface area contributed by atoms with Gasteiger partial charge in [0.05, 0.1) is 12.7 Å². The van der Waals surface area contributed by atoms with Gasteiger partial charge < -0.3 is 14.8 Å². The van der Waals surface area contributed by atoms with Crippen molar-refractivity contribution in [3.05, 3.63) is 23.8 Å². The Morgan fingerprint density at radius 2 is 2.20 bits per heavy atom. The highest BCUT2D eigenvalue weighted by Crippen LogP contribution is 2.52. The summed E-state index contributed by atoms with van der Waals surface area (Å²) in [7, 11) is 0. The Labute approximate surface area is 153 Å². The molecule has 1 aliphatic heterocycles. The zero-order valence-electron chi connectivity index (χ0n) is 16.5. The summed E-state index contributed by atoms with van der Waals surface area (Å²) >= 11 is 0. The molecule has 1 amide bonds. The number of hydrogen-bond acceptors (Lipinski definition) is 3. The number of fused-ring (bicyclic) bond motifs is 2. The molecule has 1 aliphatic carbocycles. The molecule has 2 rings (SSSR count). The van der Waals surface area contributed by atoms with Crippen molar-refractivity contribution in [3.8, 4) is 0 Å². The van der Waals surface area contributed by atoms with E-state index in [2.05, 4.69) is 51.2 Å². The van der Waals surface area contributed by atoms with Crippen LogP contribution in [0.25, 0.3) is 0 Å². The average Bonchev–Trinajstić information content (AvgIpc) is 2.57. The van der Waals surface area contributed by atoms with Gasteiger partial charge in [-0.3, -0.25) is 0 Å². The highest BCUT2D eigenvalue weighted by molar-refractivity contribution is 5.67. The molecule has 0 aromatic carbocycles. The van der Waals surface area contributed by atoms with Gasteiger partial charge in [-0.1, -0.05) is 57.4 Å². The summed E-state index contributed by atoms with van der Waals surface area (Å²) in [5, 5.41) is 2.87. The van der Waals surface area contributed by atoms with Gasteiger partial charge in [-0.15, -0.1) is 0 Å². The van der Waals surface area contributed by atoms with Crippen LogP contribution < -0.4 is 5.32 Å². The second kappa shape index (κ2) is 8.88. The van der Waals surface area contributed by atoms with Crippen LogP contribution in [0.5, 0.6) is 0 Å². The minimum Gasteiger partial charge on any atom is -0.449 e. The van der Waals surface area contributed by atoms with Crippen LogP contribution in [0.15, 0.2) is 23.8 Å². The highest BCUT2D eigenvalue weighted by atomic mass is 16.6. The summed E-state index contributed by atoms with van der Waals surface area (Å²) in [4.78, 5) is 12.1. The SMILES string of the molecule is C/C=C/[C@H]1OC[C@@]2(COC(=O)NCCCCC)[C@H](C)[C@H]1C(C)=C[C@@H]2C. The van der Waals surface area contributed by atoms with Crippen molar-refractivity contribution < 1.29 is 14.3 Å². The van der Waals surface area contributed by atoms with Crippen LogP contribution in [0, 0.1) is 23.2 Å². The smallest absolute Gasteiger partial charge is 0.407 e. The molecule has 1 fully saturated rings. The first-order valence-electron chi connectivity index (χ1n) is 9.79. The van der Waals surface area contributed by atoms with Crippen LogP contribution in [-0.4, -0.2) is 32.0 Å². The number of unbranched alkanes of at least 4 members (excludes halogenated alkanes) is 2. The quantitative estimate of drug-likeness (QED) is 0.535. The van der Waals surface area contributed by atoms with E-state index in [-0.39, 0.29) is 17.6 Å². The van der Waals surface area contributed by atoms with E-state index >= 15 is 0 Å².